The molecule has 2 heterocycles. The van der Waals surface area contributed by atoms with Gasteiger partial charge in [0.2, 0.25) is 0 Å². The van der Waals surface area contributed by atoms with Crippen LogP contribution in [-0.4, -0.2) is 75.8 Å². The molecule has 208 valence electrons. The normalized spacial score (nSPS) is 25.1. The first-order valence-electron chi connectivity index (χ1n) is 11.9. The quantitative estimate of drug-likeness (QED) is 0.410. The number of hydrogen-bond donors (Lipinski definition) is 1. The number of hydrogen-bond acceptors (Lipinski definition) is 7. The second-order valence-corrected chi connectivity index (χ2v) is 11.0. The van der Waals surface area contributed by atoms with Crippen molar-refractivity contribution in [1.82, 2.24) is 4.90 Å². The Morgan fingerprint density at radius 3 is 2.50 bits per heavy atom. The molecule has 1 amide bonds. The molecule has 38 heavy (non-hydrogen) atoms. The van der Waals surface area contributed by atoms with Gasteiger partial charge in [0.15, 0.2) is 6.10 Å². The van der Waals surface area contributed by atoms with Crippen molar-refractivity contribution in [3.8, 4) is 0 Å². The lowest BCUT2D eigenvalue weighted by atomic mass is 9.87. The Kier molecular flexibility index (Phi) is 8.43. The highest BCUT2D eigenvalue weighted by atomic mass is 32.2. The third kappa shape index (κ3) is 6.70. The van der Waals surface area contributed by atoms with Crippen molar-refractivity contribution in [2.24, 2.45) is 5.73 Å². The zero-order valence-corrected chi connectivity index (χ0v) is 21.3. The van der Waals surface area contributed by atoms with Gasteiger partial charge >= 0.3 is 6.18 Å². The standard InChI is InChI=1S/C25H28F4N2O6S/c1-38(33,34)36-14-22(25(27,28)29)37-21-13-35-20(12-19(21)30)24(32)31-11-10-15-4-2-3-5-18(15)23(31)16-6-8-17(26)9-7-16/h2-9,19-23H,10-14,30H2,1H3/t19-,20+,21-,22+,23-/m0/s1. The van der Waals surface area contributed by atoms with Crippen molar-refractivity contribution in [1.29, 1.82) is 0 Å². The van der Waals surface area contributed by atoms with Gasteiger partial charge in [-0.3, -0.25) is 8.98 Å². The minimum atomic E-state index is -4.92. The van der Waals surface area contributed by atoms with E-state index in [0.29, 0.717) is 24.8 Å². The highest BCUT2D eigenvalue weighted by molar-refractivity contribution is 7.85. The van der Waals surface area contributed by atoms with Crippen LogP contribution in [0.2, 0.25) is 0 Å². The zero-order chi connectivity index (χ0) is 27.7. The summed E-state index contributed by atoms with van der Waals surface area (Å²) in [6.07, 6.45) is -8.65. The monoisotopic (exact) mass is 560 g/mol. The van der Waals surface area contributed by atoms with E-state index in [1.807, 2.05) is 24.3 Å². The first kappa shape index (κ1) is 28.4. The number of ether oxygens (including phenoxy) is 2. The lowest BCUT2D eigenvalue weighted by Gasteiger charge is -2.42. The van der Waals surface area contributed by atoms with E-state index < -0.39 is 71.6 Å². The summed E-state index contributed by atoms with van der Waals surface area (Å²) < 4.78 is 91.1. The topological polar surface area (TPSA) is 108 Å². The van der Waals surface area contributed by atoms with E-state index in [-0.39, 0.29) is 6.42 Å². The molecule has 0 bridgehead atoms. The van der Waals surface area contributed by atoms with E-state index in [0.717, 1.165) is 11.1 Å². The van der Waals surface area contributed by atoms with E-state index in [1.165, 1.54) is 12.1 Å². The maximum absolute atomic E-state index is 13.6. The number of carbonyl (C=O) groups is 1. The zero-order valence-electron chi connectivity index (χ0n) is 20.4. The Morgan fingerprint density at radius 1 is 1.18 bits per heavy atom. The van der Waals surface area contributed by atoms with Crippen LogP contribution in [0.3, 0.4) is 0 Å². The van der Waals surface area contributed by atoms with Gasteiger partial charge in [-0.25, -0.2) is 4.39 Å². The molecular formula is C25H28F4N2O6S. The fourth-order valence-corrected chi connectivity index (χ4v) is 5.09. The number of benzene rings is 2. The van der Waals surface area contributed by atoms with Crippen LogP contribution in [0, 0.1) is 5.82 Å². The molecule has 1 saturated heterocycles. The Morgan fingerprint density at radius 2 is 1.87 bits per heavy atom. The van der Waals surface area contributed by atoms with Crippen LogP contribution >= 0.6 is 0 Å². The molecule has 0 aliphatic carbocycles. The van der Waals surface area contributed by atoms with Crippen LogP contribution in [0.15, 0.2) is 48.5 Å². The first-order chi connectivity index (χ1) is 17.8. The van der Waals surface area contributed by atoms with Crippen LogP contribution in [0.5, 0.6) is 0 Å². The van der Waals surface area contributed by atoms with Gasteiger partial charge in [-0.15, -0.1) is 0 Å². The van der Waals surface area contributed by atoms with E-state index in [9.17, 15) is 30.8 Å². The van der Waals surface area contributed by atoms with E-state index in [2.05, 4.69) is 4.18 Å². The van der Waals surface area contributed by atoms with Gasteiger partial charge in [0, 0.05) is 19.0 Å². The molecule has 0 aromatic heterocycles. The Balaban J connectivity index is 1.49. The van der Waals surface area contributed by atoms with Gasteiger partial charge in [0.1, 0.15) is 18.5 Å². The summed E-state index contributed by atoms with van der Waals surface area (Å²) in [5.41, 5.74) is 8.75. The number of rotatable bonds is 7. The molecule has 8 nitrogen and oxygen atoms in total. The molecule has 13 heteroatoms. The molecule has 0 saturated carbocycles. The minimum absolute atomic E-state index is 0.116. The second kappa shape index (κ2) is 11.3. The van der Waals surface area contributed by atoms with Crippen molar-refractivity contribution < 1.29 is 44.4 Å². The molecule has 2 aliphatic rings. The molecule has 2 aromatic rings. The van der Waals surface area contributed by atoms with Crippen molar-refractivity contribution >= 4 is 16.0 Å². The molecule has 2 aromatic carbocycles. The number of halogens is 4. The van der Waals surface area contributed by atoms with Gasteiger partial charge in [-0.05, 0) is 35.2 Å². The van der Waals surface area contributed by atoms with E-state index in [1.54, 1.807) is 17.0 Å². The highest BCUT2D eigenvalue weighted by Crippen LogP contribution is 2.37. The summed E-state index contributed by atoms with van der Waals surface area (Å²) in [5.74, 6) is -0.807. The third-order valence-electron chi connectivity index (χ3n) is 6.59. The molecule has 5 atom stereocenters. The van der Waals surface area contributed by atoms with Crippen molar-refractivity contribution in [3.63, 3.8) is 0 Å². The molecule has 2 N–H and O–H groups in total. The molecule has 0 radical (unpaired) electrons. The summed E-state index contributed by atoms with van der Waals surface area (Å²) >= 11 is 0. The van der Waals surface area contributed by atoms with Crippen LogP contribution in [0.25, 0.3) is 0 Å². The lowest BCUT2D eigenvalue weighted by molar-refractivity contribution is -0.252. The van der Waals surface area contributed by atoms with Crippen molar-refractivity contribution in [2.45, 2.75) is 49.4 Å². The molecule has 4 rings (SSSR count). The lowest BCUT2D eigenvalue weighted by Crippen LogP contribution is -2.56. The SMILES string of the molecule is CS(=O)(=O)OC[C@@H](O[C@H]1CO[C@@H](C(=O)N2CCc3ccccc3[C@@H]2c2ccc(F)cc2)C[C@@H]1N)C(F)(F)F. The number of fused-ring (bicyclic) bond motifs is 1. The Hall–Kier alpha value is -2.58. The average molecular weight is 561 g/mol. The predicted molar refractivity (Wildman–Crippen MR) is 128 cm³/mol. The maximum Gasteiger partial charge on any atom is 0.416 e. The summed E-state index contributed by atoms with van der Waals surface area (Å²) in [6.45, 7) is -1.32. The number of carbonyl (C=O) groups excluding carboxylic acids is 1. The number of nitrogens with zero attached hydrogens (tertiary/aromatic N) is 1. The third-order valence-corrected chi connectivity index (χ3v) is 7.15. The smallest absolute Gasteiger partial charge is 0.366 e. The predicted octanol–water partition coefficient (Wildman–Crippen LogP) is 2.71. The van der Waals surface area contributed by atoms with Gasteiger partial charge < -0.3 is 20.1 Å². The molecule has 0 spiro atoms. The maximum atomic E-state index is 13.6. The van der Waals surface area contributed by atoms with Crippen LogP contribution in [-0.2, 0) is 35.0 Å². The van der Waals surface area contributed by atoms with Gasteiger partial charge in [-0.1, -0.05) is 36.4 Å². The van der Waals surface area contributed by atoms with Crippen LogP contribution < -0.4 is 5.73 Å². The minimum Gasteiger partial charge on any atom is -0.366 e. The van der Waals surface area contributed by atoms with Crippen LogP contribution in [0.4, 0.5) is 17.6 Å². The molecule has 1 fully saturated rings. The number of alkyl halides is 3. The summed E-state index contributed by atoms with van der Waals surface area (Å²) in [7, 11) is -4.13. The van der Waals surface area contributed by atoms with E-state index in [4.69, 9.17) is 15.2 Å². The number of nitrogens with two attached hydrogens (primary N) is 1. The summed E-state index contributed by atoms with van der Waals surface area (Å²) in [5, 5.41) is 0. The van der Waals surface area contributed by atoms with E-state index >= 15 is 0 Å². The van der Waals surface area contributed by atoms with Gasteiger partial charge in [0.25, 0.3) is 16.0 Å². The fraction of sp³-hybridized carbons (Fsp3) is 0.480. The highest BCUT2D eigenvalue weighted by Gasteiger charge is 2.46. The largest absolute Gasteiger partial charge is 0.416 e. The summed E-state index contributed by atoms with van der Waals surface area (Å²) in [6, 6.07) is 11.9. The molecular weight excluding hydrogens is 532 g/mol. The Labute approximate surface area is 217 Å². The second-order valence-electron chi connectivity index (χ2n) is 9.35. The van der Waals surface area contributed by atoms with Gasteiger partial charge in [-0.2, -0.15) is 21.6 Å². The molecule has 0 unspecified atom stereocenters. The number of amides is 1. The summed E-state index contributed by atoms with van der Waals surface area (Å²) in [4.78, 5) is 15.2. The Bertz CT molecular complexity index is 1240. The van der Waals surface area contributed by atoms with Crippen molar-refractivity contribution in [2.75, 3.05) is 26.0 Å². The average Bonchev–Trinajstić information content (AvgIpc) is 2.85. The first-order valence-corrected chi connectivity index (χ1v) is 13.7. The van der Waals surface area contributed by atoms with Crippen LogP contribution in [0.1, 0.15) is 29.2 Å². The van der Waals surface area contributed by atoms with Gasteiger partial charge in [0.05, 0.1) is 25.0 Å². The van der Waals surface area contributed by atoms with Crippen molar-refractivity contribution in [3.05, 3.63) is 71.0 Å². The fourth-order valence-electron chi connectivity index (χ4n) is 4.71. The molecule has 2 aliphatic heterocycles.